The van der Waals surface area contributed by atoms with Crippen molar-refractivity contribution in [2.45, 2.75) is 13.1 Å². The SMILES string of the molecule is OCCN1CCOCCOCCN(CCO)Cc2cccc(c2)C1. The van der Waals surface area contributed by atoms with Crippen LogP contribution >= 0.6 is 0 Å². The lowest BCUT2D eigenvalue weighted by molar-refractivity contribution is 0.0274. The van der Waals surface area contributed by atoms with Crippen molar-refractivity contribution < 1.29 is 19.7 Å². The molecule has 6 heteroatoms. The van der Waals surface area contributed by atoms with E-state index in [0.29, 0.717) is 39.5 Å². The molecule has 1 aromatic rings. The van der Waals surface area contributed by atoms with Crippen LogP contribution in [0, 0.1) is 0 Å². The quantitative estimate of drug-likeness (QED) is 0.824. The summed E-state index contributed by atoms with van der Waals surface area (Å²) in [5.74, 6) is 0. The van der Waals surface area contributed by atoms with Crippen LogP contribution in [0.2, 0.25) is 0 Å². The minimum Gasteiger partial charge on any atom is -0.395 e. The van der Waals surface area contributed by atoms with Crippen LogP contribution in [0.1, 0.15) is 11.1 Å². The van der Waals surface area contributed by atoms with Crippen LogP contribution in [0.25, 0.3) is 0 Å². The number of nitrogens with zero attached hydrogens (tertiary/aromatic N) is 2. The van der Waals surface area contributed by atoms with Crippen molar-refractivity contribution in [2.75, 3.05) is 65.8 Å². The second kappa shape index (κ2) is 11.5. The molecule has 1 aromatic carbocycles. The third-order valence-electron chi connectivity index (χ3n) is 4.11. The number of ether oxygens (including phenoxy) is 2. The summed E-state index contributed by atoms with van der Waals surface area (Å²) in [5, 5.41) is 18.5. The number of fused-ring (bicyclic) bond motifs is 2. The van der Waals surface area contributed by atoms with Crippen molar-refractivity contribution in [3.63, 3.8) is 0 Å². The van der Waals surface area contributed by atoms with Gasteiger partial charge in [-0.15, -0.1) is 0 Å². The van der Waals surface area contributed by atoms with E-state index in [9.17, 15) is 10.2 Å². The number of aliphatic hydroxyl groups is 2. The summed E-state index contributed by atoms with van der Waals surface area (Å²) in [5.41, 5.74) is 2.46. The van der Waals surface area contributed by atoms with E-state index in [1.807, 2.05) is 0 Å². The highest BCUT2D eigenvalue weighted by Crippen LogP contribution is 2.11. The Morgan fingerprint density at radius 2 is 1.29 bits per heavy atom. The number of benzene rings is 1. The van der Waals surface area contributed by atoms with E-state index >= 15 is 0 Å². The monoisotopic (exact) mass is 338 g/mol. The molecule has 2 bridgehead atoms. The van der Waals surface area contributed by atoms with Crippen molar-refractivity contribution in [2.24, 2.45) is 0 Å². The molecule has 0 atom stereocenters. The predicted octanol–water partition coefficient (Wildman–Crippen LogP) is 0.322. The molecule has 0 fully saturated rings. The molecule has 6 nitrogen and oxygen atoms in total. The zero-order valence-electron chi connectivity index (χ0n) is 14.4. The van der Waals surface area contributed by atoms with Gasteiger partial charge in [0.15, 0.2) is 0 Å². The third-order valence-corrected chi connectivity index (χ3v) is 4.11. The van der Waals surface area contributed by atoms with Crippen molar-refractivity contribution in [1.82, 2.24) is 9.80 Å². The average molecular weight is 338 g/mol. The zero-order valence-corrected chi connectivity index (χ0v) is 14.4. The van der Waals surface area contributed by atoms with Crippen LogP contribution in [0.15, 0.2) is 24.3 Å². The fourth-order valence-corrected chi connectivity index (χ4v) is 2.87. The van der Waals surface area contributed by atoms with Gasteiger partial charge in [0.05, 0.1) is 39.6 Å². The van der Waals surface area contributed by atoms with E-state index in [1.165, 1.54) is 11.1 Å². The van der Waals surface area contributed by atoms with Crippen molar-refractivity contribution in [3.05, 3.63) is 35.4 Å². The van der Waals surface area contributed by atoms with E-state index in [2.05, 4.69) is 34.1 Å². The Hall–Kier alpha value is -1.02. The molecule has 136 valence electrons. The summed E-state index contributed by atoms with van der Waals surface area (Å²) in [6.07, 6.45) is 0. The maximum absolute atomic E-state index is 9.26. The molecular weight excluding hydrogens is 308 g/mol. The van der Waals surface area contributed by atoms with Crippen molar-refractivity contribution in [1.29, 1.82) is 0 Å². The summed E-state index contributed by atoms with van der Waals surface area (Å²) in [7, 11) is 0. The molecule has 0 unspecified atom stereocenters. The van der Waals surface area contributed by atoms with Crippen LogP contribution in [0.5, 0.6) is 0 Å². The van der Waals surface area contributed by atoms with Crippen LogP contribution < -0.4 is 0 Å². The first-order valence-corrected chi connectivity index (χ1v) is 8.71. The first-order valence-electron chi connectivity index (χ1n) is 8.71. The summed E-state index contributed by atoms with van der Waals surface area (Å²) in [6, 6.07) is 8.51. The normalized spacial score (nSPS) is 19.6. The Labute approximate surface area is 144 Å². The molecule has 1 aliphatic rings. The molecule has 0 saturated heterocycles. The van der Waals surface area contributed by atoms with Gasteiger partial charge in [0.25, 0.3) is 0 Å². The van der Waals surface area contributed by atoms with Crippen LogP contribution in [-0.4, -0.2) is 85.8 Å². The van der Waals surface area contributed by atoms with E-state index in [1.54, 1.807) is 0 Å². The Morgan fingerprint density at radius 1 is 0.792 bits per heavy atom. The lowest BCUT2D eigenvalue weighted by atomic mass is 10.1. The number of rotatable bonds is 4. The third kappa shape index (κ3) is 7.25. The summed E-state index contributed by atoms with van der Waals surface area (Å²) in [6.45, 7) is 7.20. The van der Waals surface area contributed by atoms with Gasteiger partial charge in [0.1, 0.15) is 0 Å². The zero-order chi connectivity index (χ0) is 17.0. The molecule has 0 saturated carbocycles. The largest absolute Gasteiger partial charge is 0.395 e. The smallest absolute Gasteiger partial charge is 0.0701 e. The average Bonchev–Trinajstić information content (AvgIpc) is 2.57. The maximum Gasteiger partial charge on any atom is 0.0701 e. The lowest BCUT2D eigenvalue weighted by Crippen LogP contribution is -2.30. The highest BCUT2D eigenvalue weighted by atomic mass is 16.5. The number of hydrogen-bond acceptors (Lipinski definition) is 6. The molecule has 2 N–H and O–H groups in total. The van der Waals surface area contributed by atoms with Crippen LogP contribution in [0.3, 0.4) is 0 Å². The molecule has 0 aromatic heterocycles. The van der Waals surface area contributed by atoms with Gasteiger partial charge >= 0.3 is 0 Å². The van der Waals surface area contributed by atoms with Gasteiger partial charge in [-0.1, -0.05) is 24.3 Å². The summed E-state index contributed by atoms with van der Waals surface area (Å²) in [4.78, 5) is 4.40. The Balaban J connectivity index is 2.07. The van der Waals surface area contributed by atoms with Crippen molar-refractivity contribution in [3.8, 4) is 0 Å². The second-order valence-corrected chi connectivity index (χ2v) is 6.04. The van der Waals surface area contributed by atoms with E-state index in [0.717, 1.165) is 26.2 Å². The van der Waals surface area contributed by atoms with Crippen LogP contribution in [0.4, 0.5) is 0 Å². The molecule has 0 amide bonds. The van der Waals surface area contributed by atoms with Gasteiger partial charge in [0.2, 0.25) is 0 Å². The fourth-order valence-electron chi connectivity index (χ4n) is 2.87. The Bertz CT molecular complexity index is 421. The molecule has 0 radical (unpaired) electrons. The topological polar surface area (TPSA) is 65.4 Å². The van der Waals surface area contributed by atoms with E-state index in [-0.39, 0.29) is 13.2 Å². The van der Waals surface area contributed by atoms with Crippen LogP contribution in [-0.2, 0) is 22.6 Å². The highest BCUT2D eigenvalue weighted by molar-refractivity contribution is 5.23. The Kier molecular flexibility index (Phi) is 9.27. The van der Waals surface area contributed by atoms with Crippen molar-refractivity contribution >= 4 is 0 Å². The fraction of sp³-hybridized carbons (Fsp3) is 0.667. The maximum atomic E-state index is 9.26. The molecule has 0 spiro atoms. The number of hydrogen-bond donors (Lipinski definition) is 2. The standard InChI is InChI=1S/C18H30N2O4/c21-8-4-19-6-10-23-12-13-24-11-7-20(5-9-22)16-18-3-1-2-17(14-18)15-19/h1-3,14,21-22H,4-13,15-16H2. The molecule has 24 heavy (non-hydrogen) atoms. The van der Waals surface area contributed by atoms with Gasteiger partial charge in [-0.3, -0.25) is 9.80 Å². The van der Waals surface area contributed by atoms with Gasteiger partial charge in [-0.05, 0) is 11.1 Å². The number of aliphatic hydroxyl groups excluding tert-OH is 2. The molecular formula is C18H30N2O4. The molecule has 1 aliphatic heterocycles. The van der Waals surface area contributed by atoms with Gasteiger partial charge in [-0.25, -0.2) is 0 Å². The number of β-amino-alcohol motifs (C(OH)–C–C–N with tert-alkyl or cyclic N) is 2. The first-order chi connectivity index (χ1) is 11.8. The lowest BCUT2D eigenvalue weighted by Gasteiger charge is -2.23. The minimum absolute atomic E-state index is 0.146. The Morgan fingerprint density at radius 3 is 1.75 bits per heavy atom. The summed E-state index contributed by atoms with van der Waals surface area (Å²) < 4.78 is 11.2. The van der Waals surface area contributed by atoms with Gasteiger partial charge in [-0.2, -0.15) is 0 Å². The molecule has 0 aliphatic carbocycles. The van der Waals surface area contributed by atoms with Gasteiger partial charge in [0, 0.05) is 39.3 Å². The first kappa shape index (κ1) is 19.3. The predicted molar refractivity (Wildman–Crippen MR) is 92.8 cm³/mol. The summed E-state index contributed by atoms with van der Waals surface area (Å²) >= 11 is 0. The molecule has 1 heterocycles. The highest BCUT2D eigenvalue weighted by Gasteiger charge is 2.10. The van der Waals surface area contributed by atoms with E-state index < -0.39 is 0 Å². The second-order valence-electron chi connectivity index (χ2n) is 6.04. The van der Waals surface area contributed by atoms with Gasteiger partial charge < -0.3 is 19.7 Å². The van der Waals surface area contributed by atoms with E-state index in [4.69, 9.17) is 9.47 Å². The molecule has 2 rings (SSSR count). The minimum atomic E-state index is 0.146.